The van der Waals surface area contributed by atoms with Crippen LogP contribution in [0.3, 0.4) is 0 Å². The van der Waals surface area contributed by atoms with Crippen molar-refractivity contribution in [1.29, 1.82) is 0 Å². The molecule has 0 saturated carbocycles. The maximum atomic E-state index is 12.1. The molecule has 0 radical (unpaired) electrons. The Hall–Kier alpha value is -1.93. The Morgan fingerprint density at radius 2 is 2.29 bits per heavy atom. The van der Waals surface area contributed by atoms with E-state index in [2.05, 4.69) is 5.32 Å². The first-order valence-corrected chi connectivity index (χ1v) is 7.23. The van der Waals surface area contributed by atoms with Crippen molar-refractivity contribution in [3.8, 4) is 0 Å². The molecule has 0 spiro atoms. The normalized spacial score (nSPS) is 18.0. The van der Waals surface area contributed by atoms with Gasteiger partial charge in [-0.05, 0) is 12.1 Å². The lowest BCUT2D eigenvalue weighted by Gasteiger charge is -2.15. The van der Waals surface area contributed by atoms with Crippen LogP contribution in [0.1, 0.15) is 16.1 Å². The second-order valence-corrected chi connectivity index (χ2v) is 5.78. The van der Waals surface area contributed by atoms with Gasteiger partial charge in [0.15, 0.2) is 0 Å². The van der Waals surface area contributed by atoms with E-state index < -0.39 is 11.9 Å². The van der Waals surface area contributed by atoms with Gasteiger partial charge in [0.05, 0.1) is 17.5 Å². The molecule has 1 unspecified atom stereocenters. The number of thiophene rings is 1. The third kappa shape index (κ3) is 3.79. The van der Waals surface area contributed by atoms with Crippen molar-refractivity contribution in [3.63, 3.8) is 0 Å². The second-order valence-electron chi connectivity index (χ2n) is 4.69. The van der Waals surface area contributed by atoms with E-state index >= 15 is 0 Å². The van der Waals surface area contributed by atoms with Crippen LogP contribution in [0, 0.1) is 5.92 Å². The highest BCUT2D eigenvalue weighted by Crippen LogP contribution is 2.24. The second kappa shape index (κ2) is 6.68. The van der Waals surface area contributed by atoms with Gasteiger partial charge in [0, 0.05) is 26.6 Å². The molecule has 2 N–H and O–H groups in total. The van der Waals surface area contributed by atoms with Gasteiger partial charge in [-0.2, -0.15) is 0 Å². The summed E-state index contributed by atoms with van der Waals surface area (Å²) in [5.41, 5.74) is 0. The fourth-order valence-electron chi connectivity index (χ4n) is 2.11. The molecule has 0 bridgehead atoms. The number of carboxylic acid groups (broad SMARTS) is 1. The Balaban J connectivity index is 1.91. The number of likely N-dealkylation sites (tertiary alicyclic amines) is 1. The quantitative estimate of drug-likeness (QED) is 0.813. The molecule has 2 rings (SSSR count). The number of anilines is 1. The van der Waals surface area contributed by atoms with Crippen LogP contribution in [0.15, 0.2) is 12.1 Å². The number of nitrogens with one attached hydrogen (secondary N) is 1. The molecule has 7 nitrogen and oxygen atoms in total. The van der Waals surface area contributed by atoms with Crippen molar-refractivity contribution in [2.75, 3.05) is 32.1 Å². The van der Waals surface area contributed by atoms with Crippen molar-refractivity contribution in [2.24, 2.45) is 5.92 Å². The summed E-state index contributed by atoms with van der Waals surface area (Å²) in [6.45, 7) is 1.28. The van der Waals surface area contributed by atoms with Crippen LogP contribution in [0.25, 0.3) is 0 Å². The van der Waals surface area contributed by atoms with E-state index in [9.17, 15) is 14.4 Å². The Kier molecular flexibility index (Phi) is 4.92. The highest BCUT2D eigenvalue weighted by Gasteiger charge is 2.34. The van der Waals surface area contributed by atoms with Crippen LogP contribution >= 0.6 is 11.3 Å². The molecule has 1 atom stereocenters. The molecule has 1 aliphatic heterocycles. The first-order valence-electron chi connectivity index (χ1n) is 6.42. The lowest BCUT2D eigenvalue weighted by atomic mass is 10.1. The van der Waals surface area contributed by atoms with Gasteiger partial charge < -0.3 is 20.1 Å². The number of carbonyl (C=O) groups is 3. The van der Waals surface area contributed by atoms with Gasteiger partial charge in [-0.25, -0.2) is 4.79 Å². The highest BCUT2D eigenvalue weighted by molar-refractivity contribution is 7.18. The van der Waals surface area contributed by atoms with E-state index in [4.69, 9.17) is 9.84 Å². The molecule has 0 aromatic carbocycles. The number of hydrogen-bond donors (Lipinski definition) is 2. The number of hydrogen-bond acceptors (Lipinski definition) is 5. The Morgan fingerprint density at radius 1 is 1.52 bits per heavy atom. The molecular formula is C13H16N2O5S. The highest BCUT2D eigenvalue weighted by atomic mass is 32.1. The van der Waals surface area contributed by atoms with E-state index in [1.54, 1.807) is 18.1 Å². The van der Waals surface area contributed by atoms with Gasteiger partial charge in [-0.15, -0.1) is 11.3 Å². The smallest absolute Gasteiger partial charge is 0.345 e. The van der Waals surface area contributed by atoms with E-state index in [0.717, 1.165) is 11.3 Å². The first-order chi connectivity index (χ1) is 10.0. The summed E-state index contributed by atoms with van der Waals surface area (Å²) in [7, 11) is 1.56. The summed E-state index contributed by atoms with van der Waals surface area (Å²) in [5.74, 6) is -1.77. The third-order valence-corrected chi connectivity index (χ3v) is 4.20. The number of methoxy groups -OCH3 is 1. The topological polar surface area (TPSA) is 95.9 Å². The summed E-state index contributed by atoms with van der Waals surface area (Å²) in [5, 5.41) is 12.0. The fraction of sp³-hybridized carbons (Fsp3) is 0.462. The first kappa shape index (κ1) is 15.5. The number of ether oxygens (including phenoxy) is 1. The lowest BCUT2D eigenvalue weighted by molar-refractivity contribution is -0.128. The minimum atomic E-state index is -1.03. The molecule has 8 heteroatoms. The summed E-state index contributed by atoms with van der Waals surface area (Å²) in [4.78, 5) is 36.4. The molecule has 0 aliphatic carbocycles. The maximum absolute atomic E-state index is 12.1. The number of carboxylic acids is 1. The maximum Gasteiger partial charge on any atom is 0.345 e. The van der Waals surface area contributed by atoms with Crippen LogP contribution in [-0.4, -0.2) is 54.6 Å². The Bertz CT molecular complexity index is 557. The molecule has 114 valence electrons. The van der Waals surface area contributed by atoms with E-state index in [1.807, 2.05) is 0 Å². The molecular weight excluding hydrogens is 296 g/mol. The van der Waals surface area contributed by atoms with Gasteiger partial charge in [-0.3, -0.25) is 9.59 Å². The molecule has 2 amide bonds. The average Bonchev–Trinajstić information content (AvgIpc) is 3.03. The van der Waals surface area contributed by atoms with Crippen LogP contribution < -0.4 is 5.32 Å². The molecule has 21 heavy (non-hydrogen) atoms. The van der Waals surface area contributed by atoms with E-state index in [0.29, 0.717) is 24.7 Å². The predicted octanol–water partition coefficient (Wildman–Crippen LogP) is 0.880. The summed E-state index contributed by atoms with van der Waals surface area (Å²) < 4.78 is 4.92. The van der Waals surface area contributed by atoms with E-state index in [1.165, 1.54) is 6.07 Å². The zero-order chi connectivity index (χ0) is 15.4. The average molecular weight is 312 g/mol. The van der Waals surface area contributed by atoms with Crippen molar-refractivity contribution in [1.82, 2.24) is 4.90 Å². The number of carbonyl (C=O) groups excluding carboxylic acids is 2. The largest absolute Gasteiger partial charge is 0.477 e. The van der Waals surface area contributed by atoms with Crippen molar-refractivity contribution < 1.29 is 24.2 Å². The summed E-state index contributed by atoms with van der Waals surface area (Å²) >= 11 is 0.994. The minimum Gasteiger partial charge on any atom is -0.477 e. The predicted molar refractivity (Wildman–Crippen MR) is 76.5 cm³/mol. The van der Waals surface area contributed by atoms with Crippen LogP contribution in [0.4, 0.5) is 5.00 Å². The van der Waals surface area contributed by atoms with Crippen LogP contribution in [0.5, 0.6) is 0 Å². The molecule has 1 aromatic rings. The summed E-state index contributed by atoms with van der Waals surface area (Å²) in [6, 6.07) is 2.98. The summed E-state index contributed by atoms with van der Waals surface area (Å²) in [6.07, 6.45) is 0.173. The fourth-order valence-corrected chi connectivity index (χ4v) is 2.86. The standard InChI is InChI=1S/C13H16N2O5S/c1-20-5-4-15-7-8(6-11(15)16)12(17)14-10-3-2-9(21-10)13(18)19/h2-3,8H,4-7H2,1H3,(H,14,17)(H,18,19). The van der Waals surface area contributed by atoms with Crippen molar-refractivity contribution in [2.45, 2.75) is 6.42 Å². The lowest BCUT2D eigenvalue weighted by Crippen LogP contribution is -2.30. The van der Waals surface area contributed by atoms with Crippen molar-refractivity contribution >= 4 is 34.1 Å². The number of rotatable bonds is 6. The third-order valence-electron chi connectivity index (χ3n) is 3.21. The van der Waals surface area contributed by atoms with Gasteiger partial charge in [0.2, 0.25) is 11.8 Å². The minimum absolute atomic E-state index is 0.0652. The van der Waals surface area contributed by atoms with Crippen LogP contribution in [-0.2, 0) is 14.3 Å². The zero-order valence-corrected chi connectivity index (χ0v) is 12.3. The molecule has 1 saturated heterocycles. The Labute approximate surface area is 125 Å². The van der Waals surface area contributed by atoms with Gasteiger partial charge >= 0.3 is 5.97 Å². The monoisotopic (exact) mass is 312 g/mol. The molecule has 1 aliphatic rings. The molecule has 1 fully saturated rings. The van der Waals surface area contributed by atoms with Crippen LogP contribution in [0.2, 0.25) is 0 Å². The molecule has 2 heterocycles. The number of amides is 2. The van der Waals surface area contributed by atoms with E-state index in [-0.39, 0.29) is 23.1 Å². The van der Waals surface area contributed by atoms with Crippen molar-refractivity contribution in [3.05, 3.63) is 17.0 Å². The SMILES string of the molecule is COCCN1CC(C(=O)Nc2ccc(C(=O)O)s2)CC1=O. The number of nitrogens with zero attached hydrogens (tertiary/aromatic N) is 1. The van der Waals surface area contributed by atoms with Gasteiger partial charge in [-0.1, -0.05) is 0 Å². The number of aromatic carboxylic acids is 1. The molecule has 1 aromatic heterocycles. The Morgan fingerprint density at radius 3 is 2.90 bits per heavy atom. The van der Waals surface area contributed by atoms with Gasteiger partial charge in [0.25, 0.3) is 0 Å². The zero-order valence-electron chi connectivity index (χ0n) is 11.5. The van der Waals surface area contributed by atoms with Gasteiger partial charge in [0.1, 0.15) is 4.88 Å².